The average molecular weight is 453 g/mol. The van der Waals surface area contributed by atoms with Crippen molar-refractivity contribution in [3.05, 3.63) is 88.2 Å². The first-order chi connectivity index (χ1) is 15.2. The van der Waals surface area contributed by atoms with Gasteiger partial charge >= 0.3 is 0 Å². The summed E-state index contributed by atoms with van der Waals surface area (Å²) >= 11 is 1.01. The minimum Gasteiger partial charge on any atom is -0.326 e. The van der Waals surface area contributed by atoms with E-state index in [1.807, 2.05) is 0 Å². The van der Waals surface area contributed by atoms with Crippen molar-refractivity contribution in [1.29, 1.82) is 0 Å². The Kier molecular flexibility index (Phi) is 7.21. The van der Waals surface area contributed by atoms with Gasteiger partial charge in [-0.1, -0.05) is 37.7 Å². The fraction of sp³-hybridized carbons (Fsp3) is 0.130. The van der Waals surface area contributed by atoms with Gasteiger partial charge in [0.1, 0.15) is 5.82 Å². The highest BCUT2D eigenvalue weighted by atomic mass is 32.2. The van der Waals surface area contributed by atoms with E-state index in [4.69, 9.17) is 0 Å². The van der Waals surface area contributed by atoms with Gasteiger partial charge in [0.25, 0.3) is 11.6 Å². The average Bonchev–Trinajstić information content (AvgIpc) is 2.76. The lowest BCUT2D eigenvalue weighted by atomic mass is 10.1. The quantitative estimate of drug-likeness (QED) is 0.351. The van der Waals surface area contributed by atoms with Crippen molar-refractivity contribution in [2.24, 2.45) is 5.92 Å². The third kappa shape index (κ3) is 5.70. The van der Waals surface area contributed by atoms with Gasteiger partial charge in [-0.2, -0.15) is 0 Å². The van der Waals surface area contributed by atoms with E-state index >= 15 is 0 Å². The first-order valence-corrected chi connectivity index (χ1v) is 10.5. The molecule has 0 aliphatic rings. The van der Waals surface area contributed by atoms with Crippen molar-refractivity contribution >= 4 is 40.6 Å². The smallest absolute Gasteiger partial charge is 0.270 e. The van der Waals surface area contributed by atoms with Crippen LogP contribution in [-0.4, -0.2) is 16.7 Å². The summed E-state index contributed by atoms with van der Waals surface area (Å²) in [7, 11) is 0. The molecule has 3 aromatic rings. The highest BCUT2D eigenvalue weighted by Crippen LogP contribution is 2.34. The summed E-state index contributed by atoms with van der Waals surface area (Å²) in [6, 6.07) is 16.4. The Bertz CT molecular complexity index is 1170. The highest BCUT2D eigenvalue weighted by molar-refractivity contribution is 7.99. The summed E-state index contributed by atoms with van der Waals surface area (Å²) in [5, 5.41) is 16.6. The minimum absolute atomic E-state index is 0.0460. The molecule has 0 aromatic heterocycles. The molecule has 0 aliphatic carbocycles. The molecule has 0 fully saturated rings. The second kappa shape index (κ2) is 10.1. The molecule has 0 radical (unpaired) electrons. The molecule has 32 heavy (non-hydrogen) atoms. The lowest BCUT2D eigenvalue weighted by molar-refractivity contribution is -0.384. The molecule has 0 unspecified atom stereocenters. The molecular formula is C23H20FN3O4S. The van der Waals surface area contributed by atoms with Gasteiger partial charge in [0.15, 0.2) is 0 Å². The number of halogens is 1. The van der Waals surface area contributed by atoms with Gasteiger partial charge in [-0.3, -0.25) is 19.7 Å². The number of hydrogen-bond donors (Lipinski definition) is 2. The number of non-ortho nitro benzene ring substituents is 1. The third-order valence-corrected chi connectivity index (χ3v) is 5.54. The monoisotopic (exact) mass is 453 g/mol. The number of nitro groups is 1. The van der Waals surface area contributed by atoms with Crippen LogP contribution < -0.4 is 10.6 Å². The Labute approximate surface area is 188 Å². The Morgan fingerprint density at radius 2 is 1.56 bits per heavy atom. The van der Waals surface area contributed by atoms with Gasteiger partial charge < -0.3 is 10.6 Å². The van der Waals surface area contributed by atoms with Gasteiger partial charge in [0.05, 0.1) is 10.5 Å². The molecule has 0 atom stereocenters. The summed E-state index contributed by atoms with van der Waals surface area (Å²) in [6.45, 7) is 3.56. The number of benzene rings is 3. The maximum Gasteiger partial charge on any atom is 0.270 e. The van der Waals surface area contributed by atoms with Crippen LogP contribution in [0.25, 0.3) is 0 Å². The Balaban J connectivity index is 1.84. The standard InChI is InChI=1S/C23H20FN3O4S/c1-14(2)22(28)25-15-7-9-16(10-8-15)26-23(29)18-13-17(27(30)31)11-12-20(18)32-21-6-4-3-5-19(21)24/h3-14H,1-2H3,(H,25,28)(H,26,29). The zero-order chi connectivity index (χ0) is 23.3. The second-order valence-corrected chi connectivity index (χ2v) is 8.23. The zero-order valence-electron chi connectivity index (χ0n) is 17.3. The fourth-order valence-corrected chi connectivity index (χ4v) is 3.61. The van der Waals surface area contributed by atoms with Crippen LogP contribution >= 0.6 is 11.8 Å². The summed E-state index contributed by atoms with van der Waals surface area (Å²) in [6.07, 6.45) is 0. The molecule has 0 saturated carbocycles. The van der Waals surface area contributed by atoms with E-state index in [2.05, 4.69) is 10.6 Å². The zero-order valence-corrected chi connectivity index (χ0v) is 18.1. The number of rotatable bonds is 7. The van der Waals surface area contributed by atoms with E-state index in [0.717, 1.165) is 17.8 Å². The van der Waals surface area contributed by atoms with E-state index < -0.39 is 16.6 Å². The largest absolute Gasteiger partial charge is 0.326 e. The second-order valence-electron chi connectivity index (χ2n) is 7.15. The lowest BCUT2D eigenvalue weighted by Crippen LogP contribution is -2.17. The first-order valence-electron chi connectivity index (χ1n) is 9.67. The normalized spacial score (nSPS) is 10.6. The molecule has 9 heteroatoms. The van der Waals surface area contributed by atoms with Crippen molar-refractivity contribution in [1.82, 2.24) is 0 Å². The maximum atomic E-state index is 14.1. The van der Waals surface area contributed by atoms with Gasteiger partial charge in [0, 0.05) is 39.2 Å². The number of anilines is 2. The number of nitro benzene ring substituents is 1. The summed E-state index contributed by atoms with van der Waals surface area (Å²) in [4.78, 5) is 36.0. The van der Waals surface area contributed by atoms with Gasteiger partial charge in [-0.15, -0.1) is 0 Å². The summed E-state index contributed by atoms with van der Waals surface area (Å²) in [5.41, 5.74) is 0.808. The van der Waals surface area contributed by atoms with E-state index in [1.165, 1.54) is 18.2 Å². The van der Waals surface area contributed by atoms with Crippen LogP contribution in [0.5, 0.6) is 0 Å². The predicted octanol–water partition coefficient (Wildman–Crippen LogP) is 5.73. The van der Waals surface area contributed by atoms with Crippen LogP contribution in [0.3, 0.4) is 0 Å². The summed E-state index contributed by atoms with van der Waals surface area (Å²) < 4.78 is 14.1. The van der Waals surface area contributed by atoms with Gasteiger partial charge in [0.2, 0.25) is 5.91 Å². The van der Waals surface area contributed by atoms with Crippen molar-refractivity contribution in [3.63, 3.8) is 0 Å². The molecule has 0 aliphatic heterocycles. The molecule has 0 saturated heterocycles. The van der Waals surface area contributed by atoms with Gasteiger partial charge in [-0.05, 0) is 42.5 Å². The van der Waals surface area contributed by atoms with E-state index in [9.17, 15) is 24.1 Å². The topological polar surface area (TPSA) is 101 Å². The molecule has 2 amide bonds. The highest BCUT2D eigenvalue weighted by Gasteiger charge is 2.19. The molecule has 3 aromatic carbocycles. The van der Waals surface area contributed by atoms with Crippen LogP contribution in [0.1, 0.15) is 24.2 Å². The summed E-state index contributed by atoms with van der Waals surface area (Å²) in [5.74, 6) is -1.34. The van der Waals surface area contributed by atoms with Crippen LogP contribution in [0.2, 0.25) is 0 Å². The van der Waals surface area contributed by atoms with Crippen LogP contribution in [0.15, 0.2) is 76.5 Å². The Morgan fingerprint density at radius 1 is 0.938 bits per heavy atom. The SMILES string of the molecule is CC(C)C(=O)Nc1ccc(NC(=O)c2cc([N+](=O)[O-])ccc2Sc2ccccc2F)cc1. The molecule has 2 N–H and O–H groups in total. The first kappa shape index (κ1) is 23.0. The molecule has 0 bridgehead atoms. The minimum atomic E-state index is -0.597. The lowest BCUT2D eigenvalue weighted by Gasteiger charge is -2.12. The van der Waals surface area contributed by atoms with Crippen molar-refractivity contribution in [2.45, 2.75) is 23.6 Å². The molecule has 164 valence electrons. The number of amides is 2. The Hall–Kier alpha value is -3.72. The maximum absolute atomic E-state index is 14.1. The number of hydrogen-bond acceptors (Lipinski definition) is 5. The predicted molar refractivity (Wildman–Crippen MR) is 121 cm³/mol. The van der Waals surface area contributed by atoms with Crippen molar-refractivity contribution < 1.29 is 18.9 Å². The number of nitrogens with one attached hydrogen (secondary N) is 2. The molecule has 0 spiro atoms. The van der Waals surface area contributed by atoms with E-state index in [1.54, 1.807) is 56.3 Å². The van der Waals surface area contributed by atoms with Crippen LogP contribution in [-0.2, 0) is 4.79 Å². The van der Waals surface area contributed by atoms with Crippen LogP contribution in [0.4, 0.5) is 21.5 Å². The number of nitrogens with zero attached hydrogens (tertiary/aromatic N) is 1. The van der Waals surface area contributed by atoms with Crippen molar-refractivity contribution in [2.75, 3.05) is 10.6 Å². The molecule has 3 rings (SSSR count). The third-order valence-electron chi connectivity index (χ3n) is 4.41. The molecular weight excluding hydrogens is 433 g/mol. The van der Waals surface area contributed by atoms with E-state index in [-0.39, 0.29) is 23.1 Å². The van der Waals surface area contributed by atoms with E-state index in [0.29, 0.717) is 21.2 Å². The van der Waals surface area contributed by atoms with Gasteiger partial charge in [-0.25, -0.2) is 4.39 Å². The number of carbonyl (C=O) groups excluding carboxylic acids is 2. The number of carbonyl (C=O) groups is 2. The molecule has 7 nitrogen and oxygen atoms in total. The fourth-order valence-electron chi connectivity index (χ4n) is 2.67. The molecule has 0 heterocycles. The van der Waals surface area contributed by atoms with Crippen molar-refractivity contribution in [3.8, 4) is 0 Å². The Morgan fingerprint density at radius 3 is 2.16 bits per heavy atom. The van der Waals surface area contributed by atoms with Crippen LogP contribution in [0, 0.1) is 21.8 Å².